The second kappa shape index (κ2) is 21.4. The average Bonchev–Trinajstić information content (AvgIpc) is 4.00. The van der Waals surface area contributed by atoms with Crippen LogP contribution >= 0.6 is 0 Å². The Morgan fingerprint density at radius 1 is 1.03 bits per heavy atom. The number of alkyl halides is 3. The van der Waals surface area contributed by atoms with Crippen LogP contribution in [0, 0.1) is 11.8 Å². The predicted octanol–water partition coefficient (Wildman–Crippen LogP) is 5.80. The molecule has 0 spiro atoms. The first-order chi connectivity index (χ1) is 31.7. The molecule has 2 saturated heterocycles. The molecule has 2 aliphatic heterocycles. The van der Waals surface area contributed by atoms with Gasteiger partial charge in [0, 0.05) is 70.8 Å². The Kier molecular flexibility index (Phi) is 16.2. The molecule has 6 atom stereocenters. The fourth-order valence-electron chi connectivity index (χ4n) is 9.57. The molecule has 18 heteroatoms. The molecule has 67 heavy (non-hydrogen) atoms. The third-order valence-electron chi connectivity index (χ3n) is 12.8. The monoisotopic (exact) mass is 932 g/mol. The van der Waals surface area contributed by atoms with E-state index in [0.717, 1.165) is 13.0 Å². The van der Waals surface area contributed by atoms with Gasteiger partial charge in [0.25, 0.3) is 0 Å². The molecule has 4 aromatic rings. The number of amides is 3. The van der Waals surface area contributed by atoms with Gasteiger partial charge >= 0.3 is 12.1 Å². The number of carbonyl (C=O) groups is 5. The van der Waals surface area contributed by atoms with Gasteiger partial charge in [-0.3, -0.25) is 23.9 Å². The number of fused-ring (bicyclic) bond motifs is 1. The summed E-state index contributed by atoms with van der Waals surface area (Å²) in [5.74, 6) is -2.25. The van der Waals surface area contributed by atoms with E-state index in [-0.39, 0.29) is 42.8 Å². The van der Waals surface area contributed by atoms with Crippen LogP contribution in [0.2, 0.25) is 0 Å². The smallest absolute Gasteiger partial charge is 0.406 e. The highest BCUT2D eigenvalue weighted by Crippen LogP contribution is 2.42. The number of rotatable bonds is 18. The number of likely N-dealkylation sites (N-methyl/N-ethyl adjacent to an activating group) is 1. The van der Waals surface area contributed by atoms with Gasteiger partial charge in [0.2, 0.25) is 17.7 Å². The lowest BCUT2D eigenvalue weighted by molar-refractivity contribution is -0.153. The Balaban J connectivity index is 1.32. The number of aromatic nitrogens is 3. The molecule has 15 nitrogen and oxygen atoms in total. The first-order valence-corrected chi connectivity index (χ1v) is 22.7. The molecule has 0 saturated carbocycles. The van der Waals surface area contributed by atoms with Crippen molar-refractivity contribution in [2.24, 2.45) is 18.9 Å². The van der Waals surface area contributed by atoms with E-state index < -0.39 is 60.8 Å². The van der Waals surface area contributed by atoms with Crippen molar-refractivity contribution in [3.63, 3.8) is 0 Å². The van der Waals surface area contributed by atoms with Crippen LogP contribution in [0.4, 0.5) is 13.2 Å². The summed E-state index contributed by atoms with van der Waals surface area (Å²) in [6.45, 7) is 10.8. The summed E-state index contributed by atoms with van der Waals surface area (Å²) in [6, 6.07) is 10.2. The van der Waals surface area contributed by atoms with Crippen molar-refractivity contribution in [1.29, 1.82) is 0 Å². The maximum atomic E-state index is 14.6. The van der Waals surface area contributed by atoms with Gasteiger partial charge in [-0.25, -0.2) is 10.4 Å². The van der Waals surface area contributed by atoms with Gasteiger partial charge in [-0.15, -0.1) is 0 Å². The van der Waals surface area contributed by atoms with Gasteiger partial charge in [-0.2, -0.15) is 18.3 Å². The second-order valence-electron chi connectivity index (χ2n) is 18.2. The van der Waals surface area contributed by atoms with Crippen molar-refractivity contribution in [3.05, 3.63) is 78.1 Å². The number of benzene rings is 2. The minimum absolute atomic E-state index is 0.0805. The Morgan fingerprint density at radius 3 is 2.42 bits per heavy atom. The van der Waals surface area contributed by atoms with E-state index >= 15 is 0 Å². The molecule has 0 radical (unpaired) electrons. The van der Waals surface area contributed by atoms with Crippen molar-refractivity contribution in [2.45, 2.75) is 103 Å². The number of hydrogen-bond donors (Lipinski definition) is 2. The molecule has 4 heterocycles. The zero-order valence-electron chi connectivity index (χ0n) is 39.6. The Bertz CT molecular complexity index is 2470. The quantitative estimate of drug-likeness (QED) is 0.0710. The van der Waals surface area contributed by atoms with E-state index in [0.29, 0.717) is 70.1 Å². The molecular weight excluding hydrogens is 870 g/mol. The minimum Gasteiger partial charge on any atom is -0.461 e. The molecule has 2 aromatic carbocycles. The van der Waals surface area contributed by atoms with Crippen molar-refractivity contribution in [2.75, 3.05) is 40.8 Å². The molecule has 6 rings (SSSR count). The average molecular weight is 933 g/mol. The summed E-state index contributed by atoms with van der Waals surface area (Å²) < 4.78 is 58.4. The molecule has 2 aromatic heterocycles. The number of halogens is 3. The van der Waals surface area contributed by atoms with Crippen molar-refractivity contribution in [3.8, 4) is 22.4 Å². The van der Waals surface area contributed by atoms with Crippen molar-refractivity contribution >= 4 is 40.9 Å². The summed E-state index contributed by atoms with van der Waals surface area (Å²) in [5, 5.41) is 9.65. The number of carbonyl (C=O) groups excluding carboxylic acids is 5. The van der Waals surface area contributed by atoms with Crippen LogP contribution < -0.4 is 10.7 Å². The van der Waals surface area contributed by atoms with E-state index in [1.54, 1.807) is 55.7 Å². The molecule has 362 valence electrons. The molecule has 2 N–H and O–H groups in total. The summed E-state index contributed by atoms with van der Waals surface area (Å²) in [7, 11) is 6.63. The van der Waals surface area contributed by atoms with Gasteiger partial charge in [0.05, 0.1) is 35.6 Å². The Hall–Kier alpha value is -5.85. The number of ether oxygens (including phenoxy) is 2. The number of likely N-dealkylation sites (tertiary alicyclic amines) is 1. The fourth-order valence-corrected chi connectivity index (χ4v) is 9.57. The number of nitrogens with zero attached hydrogens (tertiary/aromatic N) is 6. The Morgan fingerprint density at radius 2 is 1.76 bits per heavy atom. The normalized spacial score (nSPS) is 18.7. The summed E-state index contributed by atoms with van der Waals surface area (Å²) >= 11 is 0. The van der Waals surface area contributed by atoms with Gasteiger partial charge in [-0.05, 0) is 85.9 Å². The van der Waals surface area contributed by atoms with Crippen LogP contribution in [-0.4, -0.2) is 130 Å². The predicted molar refractivity (Wildman–Crippen MR) is 247 cm³/mol. The van der Waals surface area contributed by atoms with E-state index in [2.05, 4.69) is 22.4 Å². The van der Waals surface area contributed by atoms with E-state index in [4.69, 9.17) is 9.47 Å². The topological polar surface area (TPSA) is 160 Å². The van der Waals surface area contributed by atoms with Crippen LogP contribution in [0.5, 0.6) is 0 Å². The van der Waals surface area contributed by atoms with Crippen LogP contribution in [0.3, 0.4) is 0 Å². The number of hydrogen-bond acceptors (Lipinski definition) is 10. The lowest BCUT2D eigenvalue weighted by atomic mass is 9.95. The number of esters is 1. The lowest BCUT2D eigenvalue weighted by Gasteiger charge is -2.32. The van der Waals surface area contributed by atoms with Crippen LogP contribution in [-0.2, 0) is 59.9 Å². The SMILES string of the molecule is C=CC(=O)N1CCC(C(=O)N(C)C(C(=O)NC(C=O)Cc2cccc(-c3ccc4c(c3)c(C[C@@H](C)OC(=O)[C@@H]3CCCN(C)N3)c(-c3cnn(C)c3C(C)OC)n4CC(F)(F)F)c2)C(C)C)C1. The van der Waals surface area contributed by atoms with Crippen LogP contribution in [0.1, 0.15) is 69.9 Å². The third kappa shape index (κ3) is 11.6. The maximum Gasteiger partial charge on any atom is 0.406 e. The first kappa shape index (κ1) is 50.6. The number of hydrazine groups is 1. The zero-order valence-corrected chi connectivity index (χ0v) is 39.6. The van der Waals surface area contributed by atoms with Gasteiger partial charge in [0.1, 0.15) is 31.0 Å². The van der Waals surface area contributed by atoms with Crippen LogP contribution in [0.25, 0.3) is 33.3 Å². The molecule has 0 aliphatic carbocycles. The molecule has 2 fully saturated rings. The molecule has 2 aliphatic rings. The van der Waals surface area contributed by atoms with Crippen LogP contribution in [0.15, 0.2) is 61.3 Å². The number of nitrogens with one attached hydrogen (secondary N) is 2. The number of aldehydes is 1. The zero-order chi connectivity index (χ0) is 48.9. The molecular formula is C49H63F3N8O7. The molecule has 4 unspecified atom stereocenters. The van der Waals surface area contributed by atoms with Gasteiger partial charge < -0.3 is 34.0 Å². The minimum atomic E-state index is -4.60. The summed E-state index contributed by atoms with van der Waals surface area (Å²) in [4.78, 5) is 68.5. The van der Waals surface area contributed by atoms with E-state index in [9.17, 15) is 37.1 Å². The fraction of sp³-hybridized carbons (Fsp3) is 0.510. The molecule has 0 bridgehead atoms. The standard InChI is InChI=1S/C49H63F3N8O7/c1-10-42(62)59-20-18-35(26-59)47(64)57(7)43(29(2)3)46(63)54-36(27-61)23-32-13-11-14-33(22-32)34-16-17-41-37(24-34)38(21-30(4)67-48(65)40-15-12-19-56(6)55-40)45(60(41)28-49(50,51)52)39-25-53-58(8)44(39)31(5)66-9/h10-11,13-14,16-17,22,24-25,27,29-31,35-36,40,43,55H,1,12,15,18-21,23,26,28H2,2-9H3,(H,54,63)/t30-,31?,35?,36?,40+,43?/m1/s1. The van der Waals surface area contributed by atoms with E-state index in [1.165, 1.54) is 28.8 Å². The van der Waals surface area contributed by atoms with E-state index in [1.807, 2.05) is 50.2 Å². The maximum absolute atomic E-state index is 14.6. The van der Waals surface area contributed by atoms with Gasteiger partial charge in [-0.1, -0.05) is 50.8 Å². The second-order valence-corrected chi connectivity index (χ2v) is 18.2. The number of aryl methyl sites for hydroxylation is 1. The summed E-state index contributed by atoms with van der Waals surface area (Å²) in [6.07, 6.45) is -0.441. The highest BCUT2D eigenvalue weighted by atomic mass is 19.4. The Labute approximate surface area is 389 Å². The highest BCUT2D eigenvalue weighted by molar-refractivity contribution is 5.96. The van der Waals surface area contributed by atoms with Crippen molar-refractivity contribution in [1.82, 2.24) is 39.9 Å². The molecule has 3 amide bonds. The van der Waals surface area contributed by atoms with Gasteiger partial charge in [0.15, 0.2) is 0 Å². The first-order valence-electron chi connectivity index (χ1n) is 22.7. The highest BCUT2D eigenvalue weighted by Gasteiger charge is 2.38. The summed E-state index contributed by atoms with van der Waals surface area (Å²) in [5.41, 5.74) is 7.38. The number of methoxy groups -OCH3 is 1. The largest absolute Gasteiger partial charge is 0.461 e. The van der Waals surface area contributed by atoms with Crippen molar-refractivity contribution < 1.29 is 46.6 Å². The lowest BCUT2D eigenvalue weighted by Crippen LogP contribution is -2.54. The third-order valence-corrected chi connectivity index (χ3v) is 12.8.